The van der Waals surface area contributed by atoms with Gasteiger partial charge in [-0.25, -0.2) is 0 Å². The van der Waals surface area contributed by atoms with Gasteiger partial charge >= 0.3 is 0 Å². The van der Waals surface area contributed by atoms with Crippen LogP contribution in [0, 0.1) is 0 Å². The molecule has 0 bridgehead atoms. The topological polar surface area (TPSA) is 68.4 Å². The number of nitrogens with zero attached hydrogens (tertiary/aromatic N) is 2. The molecule has 0 atom stereocenters. The van der Waals surface area contributed by atoms with Crippen LogP contribution in [0.25, 0.3) is 0 Å². The molecule has 1 aromatic heterocycles. The number of hydrogen-bond donors (Lipinski definition) is 1. The number of rotatable bonds is 6. The van der Waals surface area contributed by atoms with Gasteiger partial charge in [0.25, 0.3) is 0 Å². The fourth-order valence-corrected chi connectivity index (χ4v) is 1.64. The molecule has 0 radical (unpaired) electrons. The van der Waals surface area contributed by atoms with Crippen LogP contribution in [0.2, 0.25) is 0 Å². The summed E-state index contributed by atoms with van der Waals surface area (Å²) in [6, 6.07) is 7.60. The summed E-state index contributed by atoms with van der Waals surface area (Å²) in [5.74, 6) is 1.78. The van der Waals surface area contributed by atoms with E-state index in [1.165, 1.54) is 0 Å². The first-order chi connectivity index (χ1) is 8.78. The van der Waals surface area contributed by atoms with Gasteiger partial charge in [0, 0.05) is 10.9 Å². The molecule has 0 saturated carbocycles. The van der Waals surface area contributed by atoms with E-state index in [4.69, 9.17) is 14.3 Å². The third-order valence-corrected chi connectivity index (χ3v) is 2.76. The first kappa shape index (κ1) is 13.0. The number of ether oxygens (including phenoxy) is 1. The molecule has 0 aliphatic rings. The fourth-order valence-electron chi connectivity index (χ4n) is 1.37. The molecular formula is C12H13BrN2O3. The minimum atomic E-state index is 0.0109. The van der Waals surface area contributed by atoms with Gasteiger partial charge in [-0.05, 0) is 24.3 Å². The van der Waals surface area contributed by atoms with Crippen molar-refractivity contribution in [3.8, 4) is 5.75 Å². The lowest BCUT2D eigenvalue weighted by molar-refractivity contribution is 0.278. The highest BCUT2D eigenvalue weighted by atomic mass is 79.9. The van der Waals surface area contributed by atoms with Crippen molar-refractivity contribution in [3.05, 3.63) is 40.5 Å². The molecule has 1 N–H and O–H groups in total. The Bertz CT molecular complexity index is 484. The highest BCUT2D eigenvalue weighted by Gasteiger charge is 2.05. The lowest BCUT2D eigenvalue weighted by Gasteiger charge is -2.03. The number of aliphatic hydroxyl groups excluding tert-OH is 1. The molecule has 0 aliphatic carbocycles. The molecule has 0 saturated heterocycles. The van der Waals surface area contributed by atoms with Crippen LogP contribution < -0.4 is 4.74 Å². The Morgan fingerprint density at radius 2 is 1.78 bits per heavy atom. The Balaban J connectivity index is 1.79. The molecule has 5 nitrogen and oxygen atoms in total. The Kier molecular flexibility index (Phi) is 4.72. The minimum Gasteiger partial charge on any atom is -0.493 e. The van der Waals surface area contributed by atoms with Gasteiger partial charge in [0.05, 0.1) is 19.6 Å². The predicted octanol–water partition coefficient (Wildman–Crippen LogP) is 1.99. The Hall–Kier alpha value is -1.40. The molecule has 6 heteroatoms. The van der Waals surface area contributed by atoms with E-state index in [2.05, 4.69) is 26.1 Å². The summed E-state index contributed by atoms with van der Waals surface area (Å²) in [7, 11) is 0. The van der Waals surface area contributed by atoms with Gasteiger partial charge in [0.2, 0.25) is 11.8 Å². The van der Waals surface area contributed by atoms with Crippen molar-refractivity contribution in [3.63, 3.8) is 0 Å². The first-order valence-electron chi connectivity index (χ1n) is 5.58. The van der Waals surface area contributed by atoms with Crippen molar-refractivity contribution in [2.75, 3.05) is 13.2 Å². The first-order valence-corrected chi connectivity index (χ1v) is 6.37. The molecule has 0 unspecified atom stereocenters. The normalized spacial score (nSPS) is 10.6. The number of aliphatic hydroxyl groups is 1. The van der Waals surface area contributed by atoms with Crippen molar-refractivity contribution in [2.24, 2.45) is 0 Å². The van der Waals surface area contributed by atoms with E-state index >= 15 is 0 Å². The summed E-state index contributed by atoms with van der Waals surface area (Å²) in [5, 5.41) is 16.4. The standard InChI is InChI=1S/C12H13BrN2O3/c13-9-1-3-10(4-2-9)17-8-6-12-15-14-11(18-12)5-7-16/h1-4,16H,5-8H2. The maximum Gasteiger partial charge on any atom is 0.219 e. The van der Waals surface area contributed by atoms with E-state index in [9.17, 15) is 0 Å². The van der Waals surface area contributed by atoms with E-state index < -0.39 is 0 Å². The highest BCUT2D eigenvalue weighted by Crippen LogP contribution is 2.16. The monoisotopic (exact) mass is 312 g/mol. The number of aromatic nitrogens is 2. The molecule has 0 spiro atoms. The Labute approximate surface area is 113 Å². The second-order valence-electron chi connectivity index (χ2n) is 3.62. The van der Waals surface area contributed by atoms with Crippen LogP contribution in [-0.2, 0) is 12.8 Å². The highest BCUT2D eigenvalue weighted by molar-refractivity contribution is 9.10. The fraction of sp³-hybridized carbons (Fsp3) is 0.333. The summed E-state index contributed by atoms with van der Waals surface area (Å²) in [5.41, 5.74) is 0. The molecule has 0 aliphatic heterocycles. The smallest absolute Gasteiger partial charge is 0.219 e. The molecule has 2 aromatic rings. The molecular weight excluding hydrogens is 300 g/mol. The molecule has 0 amide bonds. The van der Waals surface area contributed by atoms with E-state index in [-0.39, 0.29) is 6.61 Å². The summed E-state index contributed by atoms with van der Waals surface area (Å²) >= 11 is 3.36. The van der Waals surface area contributed by atoms with Crippen LogP contribution in [-0.4, -0.2) is 28.5 Å². The van der Waals surface area contributed by atoms with Gasteiger partial charge in [-0.15, -0.1) is 10.2 Å². The van der Waals surface area contributed by atoms with Crippen molar-refractivity contribution >= 4 is 15.9 Å². The van der Waals surface area contributed by atoms with Crippen molar-refractivity contribution < 1.29 is 14.3 Å². The van der Waals surface area contributed by atoms with Crippen LogP contribution in [0.4, 0.5) is 0 Å². The molecule has 0 fully saturated rings. The molecule has 1 heterocycles. The van der Waals surface area contributed by atoms with Gasteiger partial charge < -0.3 is 14.3 Å². The van der Waals surface area contributed by atoms with Gasteiger partial charge in [-0.3, -0.25) is 0 Å². The summed E-state index contributed by atoms with van der Waals surface area (Å²) in [6.45, 7) is 0.486. The zero-order valence-corrected chi connectivity index (χ0v) is 11.3. The van der Waals surface area contributed by atoms with E-state index in [0.717, 1.165) is 10.2 Å². The van der Waals surface area contributed by atoms with Crippen molar-refractivity contribution in [1.29, 1.82) is 0 Å². The summed E-state index contributed by atoms with van der Waals surface area (Å²) in [4.78, 5) is 0. The van der Waals surface area contributed by atoms with Crippen LogP contribution in [0.5, 0.6) is 5.75 Å². The van der Waals surface area contributed by atoms with E-state index in [1.807, 2.05) is 24.3 Å². The quantitative estimate of drug-likeness (QED) is 0.883. The third kappa shape index (κ3) is 3.82. The second kappa shape index (κ2) is 6.51. The van der Waals surface area contributed by atoms with E-state index in [1.54, 1.807) is 0 Å². The number of benzene rings is 1. The van der Waals surface area contributed by atoms with Crippen molar-refractivity contribution in [1.82, 2.24) is 10.2 Å². The predicted molar refractivity (Wildman–Crippen MR) is 68.4 cm³/mol. The Morgan fingerprint density at radius 3 is 2.44 bits per heavy atom. The number of hydrogen-bond acceptors (Lipinski definition) is 5. The average molecular weight is 313 g/mol. The SMILES string of the molecule is OCCc1nnc(CCOc2ccc(Br)cc2)o1. The largest absolute Gasteiger partial charge is 0.493 e. The van der Waals surface area contributed by atoms with Gasteiger partial charge in [0.15, 0.2) is 0 Å². The number of halogens is 1. The van der Waals surface area contributed by atoms with Crippen LogP contribution in [0.15, 0.2) is 33.2 Å². The lowest BCUT2D eigenvalue weighted by atomic mass is 10.3. The van der Waals surface area contributed by atoms with Crippen LogP contribution in [0.1, 0.15) is 11.8 Å². The summed E-state index contributed by atoms with van der Waals surface area (Å²) < 4.78 is 11.9. The average Bonchev–Trinajstić information content (AvgIpc) is 2.80. The van der Waals surface area contributed by atoms with Gasteiger partial charge in [-0.1, -0.05) is 15.9 Å². The van der Waals surface area contributed by atoms with Crippen molar-refractivity contribution in [2.45, 2.75) is 12.8 Å². The zero-order chi connectivity index (χ0) is 12.8. The molecule has 1 aromatic carbocycles. The Morgan fingerprint density at radius 1 is 1.11 bits per heavy atom. The lowest BCUT2D eigenvalue weighted by Crippen LogP contribution is -2.01. The molecule has 2 rings (SSSR count). The second-order valence-corrected chi connectivity index (χ2v) is 4.53. The molecule has 96 valence electrons. The van der Waals surface area contributed by atoms with Gasteiger partial charge in [-0.2, -0.15) is 0 Å². The summed E-state index contributed by atoms with van der Waals surface area (Å²) in [6.07, 6.45) is 0.940. The molecule has 18 heavy (non-hydrogen) atoms. The third-order valence-electron chi connectivity index (χ3n) is 2.23. The maximum atomic E-state index is 8.72. The zero-order valence-electron chi connectivity index (χ0n) is 9.67. The maximum absolute atomic E-state index is 8.72. The van der Waals surface area contributed by atoms with Gasteiger partial charge in [0.1, 0.15) is 5.75 Å². The minimum absolute atomic E-state index is 0.0109. The van der Waals surface area contributed by atoms with E-state index in [0.29, 0.717) is 31.2 Å². The van der Waals surface area contributed by atoms with Crippen LogP contribution in [0.3, 0.4) is 0 Å². The van der Waals surface area contributed by atoms with Crippen LogP contribution >= 0.6 is 15.9 Å².